The van der Waals surface area contributed by atoms with E-state index in [1.54, 1.807) is 16.7 Å². The molecule has 2 heterocycles. The molecule has 3 aromatic rings. The molecule has 2 aromatic heterocycles. The Bertz CT molecular complexity index is 991. The van der Waals surface area contributed by atoms with Crippen molar-refractivity contribution in [1.29, 1.82) is 0 Å². The SMILES string of the molecule is Nc1nc2ccc(-c3ccc(F)cc3)nc2n(CC2CCCCC2)c1=O. The lowest BCUT2D eigenvalue weighted by Gasteiger charge is -2.23. The molecule has 0 bridgehead atoms. The van der Waals surface area contributed by atoms with Crippen LogP contribution in [0.1, 0.15) is 32.1 Å². The highest BCUT2D eigenvalue weighted by molar-refractivity contribution is 5.76. The van der Waals surface area contributed by atoms with E-state index in [4.69, 9.17) is 5.73 Å². The van der Waals surface area contributed by atoms with Crippen molar-refractivity contribution in [1.82, 2.24) is 14.5 Å². The van der Waals surface area contributed by atoms with Crippen LogP contribution in [0.15, 0.2) is 41.2 Å². The fourth-order valence-electron chi connectivity index (χ4n) is 3.72. The zero-order valence-corrected chi connectivity index (χ0v) is 14.5. The number of rotatable bonds is 3. The van der Waals surface area contributed by atoms with E-state index in [2.05, 4.69) is 9.97 Å². The molecule has 0 atom stereocenters. The van der Waals surface area contributed by atoms with Crippen LogP contribution in [0.5, 0.6) is 0 Å². The Balaban J connectivity index is 1.82. The van der Waals surface area contributed by atoms with Crippen LogP contribution in [0, 0.1) is 11.7 Å². The van der Waals surface area contributed by atoms with E-state index in [1.807, 2.05) is 12.1 Å². The second-order valence-corrected chi connectivity index (χ2v) is 6.96. The first-order chi connectivity index (χ1) is 12.6. The van der Waals surface area contributed by atoms with Crippen LogP contribution in [0.2, 0.25) is 0 Å². The molecule has 0 radical (unpaired) electrons. The van der Waals surface area contributed by atoms with Crippen molar-refractivity contribution in [3.8, 4) is 11.3 Å². The molecule has 2 N–H and O–H groups in total. The highest BCUT2D eigenvalue weighted by Crippen LogP contribution is 2.26. The molecule has 0 spiro atoms. The summed E-state index contributed by atoms with van der Waals surface area (Å²) in [6.07, 6.45) is 5.90. The molecule has 1 aromatic carbocycles. The molecule has 0 aliphatic heterocycles. The van der Waals surface area contributed by atoms with Gasteiger partial charge in [0.15, 0.2) is 11.5 Å². The molecule has 5 nitrogen and oxygen atoms in total. The van der Waals surface area contributed by atoms with E-state index in [1.165, 1.54) is 31.4 Å². The van der Waals surface area contributed by atoms with E-state index >= 15 is 0 Å². The van der Waals surface area contributed by atoms with Crippen LogP contribution in [0.3, 0.4) is 0 Å². The van der Waals surface area contributed by atoms with Gasteiger partial charge in [0, 0.05) is 12.1 Å². The number of pyridine rings is 1. The van der Waals surface area contributed by atoms with Gasteiger partial charge in [0.25, 0.3) is 5.56 Å². The minimum Gasteiger partial charge on any atom is -0.379 e. The molecular weight excluding hydrogens is 331 g/mol. The van der Waals surface area contributed by atoms with Gasteiger partial charge in [-0.1, -0.05) is 19.3 Å². The molecule has 0 unspecified atom stereocenters. The predicted molar refractivity (Wildman–Crippen MR) is 100 cm³/mol. The summed E-state index contributed by atoms with van der Waals surface area (Å²) in [6, 6.07) is 9.79. The average Bonchev–Trinajstić information content (AvgIpc) is 2.67. The van der Waals surface area contributed by atoms with Crippen molar-refractivity contribution in [2.75, 3.05) is 5.73 Å². The van der Waals surface area contributed by atoms with E-state index in [0.717, 1.165) is 18.4 Å². The first-order valence-electron chi connectivity index (χ1n) is 9.05. The van der Waals surface area contributed by atoms with Gasteiger partial charge in [-0.25, -0.2) is 14.4 Å². The van der Waals surface area contributed by atoms with E-state index in [-0.39, 0.29) is 17.2 Å². The van der Waals surface area contributed by atoms with Crippen LogP contribution in [0.25, 0.3) is 22.4 Å². The molecule has 134 valence electrons. The first kappa shape index (κ1) is 16.7. The number of halogens is 1. The summed E-state index contributed by atoms with van der Waals surface area (Å²) in [5, 5.41) is 0. The normalized spacial score (nSPS) is 15.4. The van der Waals surface area contributed by atoms with Gasteiger partial charge < -0.3 is 5.73 Å². The second-order valence-electron chi connectivity index (χ2n) is 6.96. The number of hydrogen-bond acceptors (Lipinski definition) is 4. The molecule has 1 aliphatic rings. The van der Waals surface area contributed by atoms with Crippen molar-refractivity contribution >= 4 is 17.0 Å². The van der Waals surface area contributed by atoms with Gasteiger partial charge in [0.1, 0.15) is 11.3 Å². The lowest BCUT2D eigenvalue weighted by Crippen LogP contribution is -2.29. The molecule has 1 saturated carbocycles. The molecular formula is C20H21FN4O. The number of fused-ring (bicyclic) bond motifs is 1. The van der Waals surface area contributed by atoms with Crippen molar-refractivity contribution in [2.45, 2.75) is 38.6 Å². The third kappa shape index (κ3) is 3.19. The van der Waals surface area contributed by atoms with Crippen molar-refractivity contribution < 1.29 is 4.39 Å². The molecule has 1 aliphatic carbocycles. The third-order valence-corrected chi connectivity index (χ3v) is 5.12. The van der Waals surface area contributed by atoms with Crippen LogP contribution in [-0.4, -0.2) is 14.5 Å². The Morgan fingerprint density at radius 1 is 1.04 bits per heavy atom. The van der Waals surface area contributed by atoms with Gasteiger partial charge in [-0.15, -0.1) is 0 Å². The zero-order valence-electron chi connectivity index (χ0n) is 14.5. The summed E-state index contributed by atoms with van der Waals surface area (Å²) in [7, 11) is 0. The number of anilines is 1. The van der Waals surface area contributed by atoms with E-state index < -0.39 is 0 Å². The summed E-state index contributed by atoms with van der Waals surface area (Å²) < 4.78 is 14.9. The highest BCUT2D eigenvalue weighted by Gasteiger charge is 2.18. The number of nitrogens with zero attached hydrogens (tertiary/aromatic N) is 3. The summed E-state index contributed by atoms with van der Waals surface area (Å²) in [4.78, 5) is 21.5. The van der Waals surface area contributed by atoms with Crippen LogP contribution in [-0.2, 0) is 6.54 Å². The number of hydrogen-bond donors (Lipinski definition) is 1. The topological polar surface area (TPSA) is 73.8 Å². The first-order valence-corrected chi connectivity index (χ1v) is 9.05. The van der Waals surface area contributed by atoms with Crippen molar-refractivity contribution in [3.05, 3.63) is 52.6 Å². The number of benzene rings is 1. The largest absolute Gasteiger partial charge is 0.379 e. The van der Waals surface area contributed by atoms with Gasteiger partial charge in [0.2, 0.25) is 0 Å². The summed E-state index contributed by atoms with van der Waals surface area (Å²) in [5.41, 5.74) is 8.17. The lowest BCUT2D eigenvalue weighted by molar-refractivity contribution is 0.319. The Morgan fingerprint density at radius 2 is 1.77 bits per heavy atom. The maximum absolute atomic E-state index is 13.2. The molecule has 0 amide bonds. The monoisotopic (exact) mass is 352 g/mol. The molecule has 1 fully saturated rings. The van der Waals surface area contributed by atoms with Gasteiger partial charge in [-0.05, 0) is 55.2 Å². The number of nitrogen functional groups attached to an aromatic ring is 1. The van der Waals surface area contributed by atoms with Crippen molar-refractivity contribution in [2.24, 2.45) is 5.92 Å². The van der Waals surface area contributed by atoms with Crippen LogP contribution >= 0.6 is 0 Å². The fraction of sp³-hybridized carbons (Fsp3) is 0.350. The van der Waals surface area contributed by atoms with Gasteiger partial charge in [0.05, 0.1) is 5.69 Å². The quantitative estimate of drug-likeness (QED) is 0.779. The predicted octanol–water partition coefficient (Wildman–Crippen LogP) is 3.76. The highest BCUT2D eigenvalue weighted by atomic mass is 19.1. The minimum atomic E-state index is -0.293. The Kier molecular flexibility index (Phi) is 4.41. The molecule has 26 heavy (non-hydrogen) atoms. The number of aromatic nitrogens is 3. The van der Waals surface area contributed by atoms with Crippen LogP contribution in [0.4, 0.5) is 10.2 Å². The summed E-state index contributed by atoms with van der Waals surface area (Å²) >= 11 is 0. The van der Waals surface area contributed by atoms with E-state index in [9.17, 15) is 9.18 Å². The average molecular weight is 352 g/mol. The van der Waals surface area contributed by atoms with E-state index in [0.29, 0.717) is 29.3 Å². The third-order valence-electron chi connectivity index (χ3n) is 5.12. The zero-order chi connectivity index (χ0) is 18.1. The Hall–Kier alpha value is -2.76. The van der Waals surface area contributed by atoms with Crippen LogP contribution < -0.4 is 11.3 Å². The van der Waals surface area contributed by atoms with Gasteiger partial charge >= 0.3 is 0 Å². The Morgan fingerprint density at radius 3 is 2.50 bits per heavy atom. The molecule has 4 rings (SSSR count). The van der Waals surface area contributed by atoms with Gasteiger partial charge in [-0.3, -0.25) is 9.36 Å². The molecule has 6 heteroatoms. The molecule has 0 saturated heterocycles. The summed E-state index contributed by atoms with van der Waals surface area (Å²) in [5.74, 6) is 0.172. The maximum Gasteiger partial charge on any atom is 0.294 e. The summed E-state index contributed by atoms with van der Waals surface area (Å²) in [6.45, 7) is 0.613. The number of nitrogens with two attached hydrogens (primary N) is 1. The smallest absolute Gasteiger partial charge is 0.294 e. The van der Waals surface area contributed by atoms with Gasteiger partial charge in [-0.2, -0.15) is 0 Å². The standard InChI is InChI=1S/C20H21FN4O/c21-15-8-6-14(7-9-15)16-10-11-17-19(24-16)25(20(26)18(22)23-17)12-13-4-2-1-3-5-13/h6-11,13H,1-5,12H2,(H2,22,23). The fourth-order valence-corrected chi connectivity index (χ4v) is 3.72. The second kappa shape index (κ2) is 6.86. The maximum atomic E-state index is 13.2. The lowest BCUT2D eigenvalue weighted by atomic mass is 9.89. The Labute approximate surface area is 150 Å². The van der Waals surface area contributed by atoms with Crippen molar-refractivity contribution in [3.63, 3.8) is 0 Å². The minimum absolute atomic E-state index is 0.00430.